The molecule has 0 atom stereocenters. The average Bonchev–Trinajstić information content (AvgIpc) is 2.80. The molecule has 0 radical (unpaired) electrons. The molecule has 0 fully saturated rings. The Morgan fingerprint density at radius 3 is 2.79 bits per heavy atom. The van der Waals surface area contributed by atoms with Crippen molar-refractivity contribution < 1.29 is 9.90 Å². The third kappa shape index (κ3) is 2.67. The number of hydrogen-bond donors (Lipinski definition) is 3. The first-order valence-corrected chi connectivity index (χ1v) is 5.92. The topological polar surface area (TPSA) is 93.2 Å². The quantitative estimate of drug-likeness (QED) is 0.734. The Bertz CT molecular complexity index is 604. The Kier molecular flexibility index (Phi) is 3.41. The number of nitrogen functional groups attached to an aromatic ring is 1. The number of anilines is 3. The number of rotatable bonds is 4. The van der Waals surface area contributed by atoms with Crippen LogP contribution in [0.1, 0.15) is 30.2 Å². The molecular formula is C13H16N4O2. The van der Waals surface area contributed by atoms with Crippen molar-refractivity contribution in [1.82, 2.24) is 9.78 Å². The highest BCUT2D eigenvalue weighted by Crippen LogP contribution is 2.26. The van der Waals surface area contributed by atoms with Gasteiger partial charge in [0.25, 0.3) is 0 Å². The lowest BCUT2D eigenvalue weighted by Crippen LogP contribution is -2.05. The number of para-hydroxylation sites is 1. The molecule has 100 valence electrons. The van der Waals surface area contributed by atoms with Crippen LogP contribution in [0, 0.1) is 0 Å². The lowest BCUT2D eigenvalue weighted by Gasteiger charge is -2.09. The zero-order valence-corrected chi connectivity index (χ0v) is 10.8. The van der Waals surface area contributed by atoms with Gasteiger partial charge in [-0.3, -0.25) is 4.68 Å². The van der Waals surface area contributed by atoms with Gasteiger partial charge in [-0.05, 0) is 26.0 Å². The van der Waals surface area contributed by atoms with Crippen molar-refractivity contribution in [2.45, 2.75) is 19.9 Å². The first-order valence-electron chi connectivity index (χ1n) is 5.92. The predicted octanol–water partition coefficient (Wildman–Crippen LogP) is 2.49. The second-order valence-corrected chi connectivity index (χ2v) is 4.50. The number of hydrogen-bond acceptors (Lipinski definition) is 4. The van der Waals surface area contributed by atoms with Crippen LogP contribution in [0.2, 0.25) is 0 Å². The molecule has 0 bridgehead atoms. The van der Waals surface area contributed by atoms with Gasteiger partial charge in [0.1, 0.15) is 0 Å². The molecule has 2 aromatic rings. The fraction of sp³-hybridized carbons (Fsp3) is 0.231. The normalized spacial score (nSPS) is 10.7. The number of nitrogens with two attached hydrogens (primary N) is 1. The Morgan fingerprint density at radius 2 is 2.21 bits per heavy atom. The maximum Gasteiger partial charge on any atom is 0.337 e. The smallest absolute Gasteiger partial charge is 0.337 e. The van der Waals surface area contributed by atoms with E-state index in [2.05, 4.69) is 10.4 Å². The first kappa shape index (κ1) is 12.9. The summed E-state index contributed by atoms with van der Waals surface area (Å²) in [5, 5.41) is 16.3. The SMILES string of the molecule is CC(C)n1cc(Nc2cccc(C(=O)O)c2N)cn1. The Balaban J connectivity index is 2.28. The Morgan fingerprint density at radius 1 is 1.47 bits per heavy atom. The van der Waals surface area contributed by atoms with E-state index >= 15 is 0 Å². The molecule has 1 heterocycles. The van der Waals surface area contributed by atoms with E-state index in [1.54, 1.807) is 23.0 Å². The number of nitrogens with one attached hydrogen (secondary N) is 1. The van der Waals surface area contributed by atoms with Gasteiger partial charge >= 0.3 is 5.97 Å². The molecule has 0 aliphatic rings. The van der Waals surface area contributed by atoms with Crippen LogP contribution in [-0.4, -0.2) is 20.9 Å². The summed E-state index contributed by atoms with van der Waals surface area (Å²) >= 11 is 0. The highest BCUT2D eigenvalue weighted by molar-refractivity contribution is 5.97. The van der Waals surface area contributed by atoms with E-state index in [1.165, 1.54) is 6.07 Å². The standard InChI is InChI=1S/C13H16N4O2/c1-8(2)17-7-9(6-15-17)16-11-5-3-4-10(12(11)14)13(18)19/h3-8,16H,14H2,1-2H3,(H,18,19). The molecule has 0 saturated carbocycles. The van der Waals surface area contributed by atoms with E-state index in [-0.39, 0.29) is 17.3 Å². The van der Waals surface area contributed by atoms with Gasteiger partial charge < -0.3 is 16.2 Å². The maximum absolute atomic E-state index is 11.0. The van der Waals surface area contributed by atoms with Gasteiger partial charge in [0.2, 0.25) is 0 Å². The second kappa shape index (κ2) is 5.01. The Hall–Kier alpha value is -2.50. The van der Waals surface area contributed by atoms with Gasteiger partial charge in [-0.1, -0.05) is 6.07 Å². The highest BCUT2D eigenvalue weighted by Gasteiger charge is 2.11. The average molecular weight is 260 g/mol. The zero-order chi connectivity index (χ0) is 14.0. The molecule has 1 aromatic carbocycles. The summed E-state index contributed by atoms with van der Waals surface area (Å²) in [4.78, 5) is 11.0. The van der Waals surface area contributed by atoms with Crippen molar-refractivity contribution >= 4 is 23.0 Å². The van der Waals surface area contributed by atoms with E-state index < -0.39 is 5.97 Å². The van der Waals surface area contributed by atoms with Crippen LogP contribution in [0.25, 0.3) is 0 Å². The van der Waals surface area contributed by atoms with Crippen molar-refractivity contribution in [3.63, 3.8) is 0 Å². The number of nitrogens with zero attached hydrogens (tertiary/aromatic N) is 2. The van der Waals surface area contributed by atoms with Gasteiger partial charge in [0.15, 0.2) is 0 Å². The summed E-state index contributed by atoms with van der Waals surface area (Å²) in [6.45, 7) is 4.05. The van der Waals surface area contributed by atoms with E-state index in [9.17, 15) is 4.79 Å². The minimum atomic E-state index is -1.04. The minimum absolute atomic E-state index is 0.0845. The number of aromatic carboxylic acids is 1. The lowest BCUT2D eigenvalue weighted by molar-refractivity contribution is 0.0698. The van der Waals surface area contributed by atoms with E-state index in [0.717, 1.165) is 5.69 Å². The molecule has 6 heteroatoms. The van der Waals surface area contributed by atoms with Gasteiger partial charge in [0.05, 0.1) is 28.8 Å². The summed E-state index contributed by atoms with van der Waals surface area (Å²) in [7, 11) is 0. The zero-order valence-electron chi connectivity index (χ0n) is 10.8. The van der Waals surface area contributed by atoms with Crippen LogP contribution in [0.5, 0.6) is 0 Å². The van der Waals surface area contributed by atoms with Gasteiger partial charge in [-0.25, -0.2) is 4.79 Å². The van der Waals surface area contributed by atoms with Crippen molar-refractivity contribution in [3.8, 4) is 0 Å². The van der Waals surface area contributed by atoms with Crippen LogP contribution < -0.4 is 11.1 Å². The maximum atomic E-state index is 11.0. The fourth-order valence-electron chi connectivity index (χ4n) is 1.70. The number of carbonyl (C=O) groups is 1. The van der Waals surface area contributed by atoms with Crippen LogP contribution in [0.15, 0.2) is 30.6 Å². The molecule has 0 saturated heterocycles. The molecule has 2 rings (SSSR count). The molecule has 0 amide bonds. The Labute approximate surface area is 110 Å². The number of carboxylic acid groups (broad SMARTS) is 1. The third-order valence-corrected chi connectivity index (χ3v) is 2.75. The molecule has 19 heavy (non-hydrogen) atoms. The summed E-state index contributed by atoms with van der Waals surface area (Å²) in [6, 6.07) is 5.11. The molecular weight excluding hydrogens is 244 g/mol. The summed E-state index contributed by atoms with van der Waals surface area (Å²) in [5.74, 6) is -1.04. The predicted molar refractivity (Wildman–Crippen MR) is 73.7 cm³/mol. The van der Waals surface area contributed by atoms with E-state index in [1.807, 2.05) is 20.0 Å². The van der Waals surface area contributed by atoms with Crippen LogP contribution in [-0.2, 0) is 0 Å². The highest BCUT2D eigenvalue weighted by atomic mass is 16.4. The molecule has 4 N–H and O–H groups in total. The van der Waals surface area contributed by atoms with Crippen LogP contribution in [0.3, 0.4) is 0 Å². The largest absolute Gasteiger partial charge is 0.478 e. The number of aromatic nitrogens is 2. The molecule has 0 aliphatic heterocycles. The molecule has 1 aromatic heterocycles. The minimum Gasteiger partial charge on any atom is -0.478 e. The summed E-state index contributed by atoms with van der Waals surface area (Å²) in [6.07, 6.45) is 3.52. The summed E-state index contributed by atoms with van der Waals surface area (Å²) < 4.78 is 1.81. The fourth-order valence-corrected chi connectivity index (χ4v) is 1.70. The van der Waals surface area contributed by atoms with Crippen molar-refractivity contribution in [2.24, 2.45) is 0 Å². The van der Waals surface area contributed by atoms with Crippen molar-refractivity contribution in [2.75, 3.05) is 11.1 Å². The monoisotopic (exact) mass is 260 g/mol. The van der Waals surface area contributed by atoms with Gasteiger partial charge in [0, 0.05) is 12.2 Å². The molecule has 0 aliphatic carbocycles. The molecule has 0 unspecified atom stereocenters. The first-order chi connectivity index (χ1) is 8.99. The lowest BCUT2D eigenvalue weighted by atomic mass is 10.1. The van der Waals surface area contributed by atoms with Gasteiger partial charge in [-0.15, -0.1) is 0 Å². The summed E-state index contributed by atoms with van der Waals surface area (Å²) in [5.41, 5.74) is 7.45. The van der Waals surface area contributed by atoms with Gasteiger partial charge in [-0.2, -0.15) is 5.10 Å². The van der Waals surface area contributed by atoms with Crippen molar-refractivity contribution in [3.05, 3.63) is 36.2 Å². The van der Waals surface area contributed by atoms with Crippen molar-refractivity contribution in [1.29, 1.82) is 0 Å². The van der Waals surface area contributed by atoms with Crippen LogP contribution in [0.4, 0.5) is 17.1 Å². The number of benzene rings is 1. The second-order valence-electron chi connectivity index (χ2n) is 4.50. The number of carboxylic acids is 1. The molecule has 0 spiro atoms. The third-order valence-electron chi connectivity index (χ3n) is 2.75. The van der Waals surface area contributed by atoms with E-state index in [0.29, 0.717) is 5.69 Å². The van der Waals surface area contributed by atoms with Crippen LogP contribution >= 0.6 is 0 Å². The van der Waals surface area contributed by atoms with E-state index in [4.69, 9.17) is 10.8 Å². The molecule has 6 nitrogen and oxygen atoms in total.